The third kappa shape index (κ3) is 4.61. The fourth-order valence-corrected chi connectivity index (χ4v) is 3.67. The zero-order valence-corrected chi connectivity index (χ0v) is 16.5. The van der Waals surface area contributed by atoms with Crippen LogP contribution in [0.25, 0.3) is 11.0 Å². The predicted molar refractivity (Wildman–Crippen MR) is 108 cm³/mol. The minimum absolute atomic E-state index is 0.379. The maximum atomic E-state index is 12.2. The first-order chi connectivity index (χ1) is 13.0. The Kier molecular flexibility index (Phi) is 6.03. The molecule has 1 heterocycles. The molecule has 2 aromatic carbocycles. The largest absolute Gasteiger partial charge is 0.341 e. The van der Waals surface area contributed by atoms with Crippen molar-refractivity contribution in [3.63, 3.8) is 0 Å². The van der Waals surface area contributed by atoms with E-state index in [1.807, 2.05) is 42.5 Å². The van der Waals surface area contributed by atoms with Crippen molar-refractivity contribution in [3.05, 3.63) is 59.1 Å². The lowest BCUT2D eigenvalue weighted by Crippen LogP contribution is -2.41. The first-order valence-electron chi connectivity index (χ1n) is 8.37. The van der Waals surface area contributed by atoms with Crippen LogP contribution in [0.1, 0.15) is 12.5 Å². The van der Waals surface area contributed by atoms with Gasteiger partial charge in [-0.25, -0.2) is 9.78 Å². The van der Waals surface area contributed by atoms with Crippen LogP contribution < -0.4 is 10.6 Å². The van der Waals surface area contributed by atoms with E-state index in [2.05, 4.69) is 20.2 Å². The Balaban J connectivity index is 1.92. The summed E-state index contributed by atoms with van der Waals surface area (Å²) >= 11 is 7.40. The molecule has 0 fully saturated rings. The van der Waals surface area contributed by atoms with Crippen LogP contribution in [0, 0.1) is 0 Å². The number of aromatic nitrogens is 2. The Labute approximate surface area is 166 Å². The number of carbonyl (C=O) groups excluding carboxylic acids is 2. The number of carbonyl (C=O) groups is 2. The van der Waals surface area contributed by atoms with E-state index >= 15 is 0 Å². The van der Waals surface area contributed by atoms with E-state index in [-0.39, 0.29) is 5.91 Å². The second kappa shape index (κ2) is 8.45. The van der Waals surface area contributed by atoms with Gasteiger partial charge >= 0.3 is 6.03 Å². The van der Waals surface area contributed by atoms with Gasteiger partial charge in [-0.1, -0.05) is 53.7 Å². The van der Waals surface area contributed by atoms with E-state index in [0.29, 0.717) is 16.7 Å². The molecule has 6 nitrogen and oxygen atoms in total. The molecule has 2 N–H and O–H groups in total. The van der Waals surface area contributed by atoms with Crippen LogP contribution in [0.5, 0.6) is 0 Å². The lowest BCUT2D eigenvalue weighted by Gasteiger charge is -2.13. The quantitative estimate of drug-likeness (QED) is 0.638. The number of nitrogens with zero attached hydrogens (tertiary/aromatic N) is 2. The molecule has 3 rings (SSSR count). The lowest BCUT2D eigenvalue weighted by atomic mass is 10.2. The topological polar surface area (TPSA) is 76.0 Å². The second-order valence-corrected chi connectivity index (χ2v) is 7.67. The van der Waals surface area contributed by atoms with E-state index < -0.39 is 11.3 Å². The number of thioether (sulfide) groups is 1. The van der Waals surface area contributed by atoms with Gasteiger partial charge in [0.15, 0.2) is 5.16 Å². The average Bonchev–Trinajstić information content (AvgIpc) is 2.98. The molecule has 8 heteroatoms. The number of benzene rings is 2. The van der Waals surface area contributed by atoms with Gasteiger partial charge < -0.3 is 9.88 Å². The van der Waals surface area contributed by atoms with Crippen molar-refractivity contribution in [2.45, 2.75) is 23.9 Å². The van der Waals surface area contributed by atoms with Crippen molar-refractivity contribution in [1.82, 2.24) is 20.2 Å². The second-order valence-electron chi connectivity index (χ2n) is 5.93. The maximum Gasteiger partial charge on any atom is 0.321 e. The first-order valence-corrected chi connectivity index (χ1v) is 9.62. The van der Waals surface area contributed by atoms with Crippen LogP contribution in [0.15, 0.2) is 53.7 Å². The smallest absolute Gasteiger partial charge is 0.321 e. The van der Waals surface area contributed by atoms with Gasteiger partial charge in [0.2, 0.25) is 5.91 Å². The van der Waals surface area contributed by atoms with E-state index in [4.69, 9.17) is 11.6 Å². The average molecular weight is 403 g/mol. The Bertz CT molecular complexity index is 975. The number of imidazole rings is 1. The third-order valence-corrected chi connectivity index (χ3v) is 5.30. The van der Waals surface area contributed by atoms with Gasteiger partial charge in [0.05, 0.1) is 22.8 Å². The summed E-state index contributed by atoms with van der Waals surface area (Å²) in [7, 11) is 1.46. The minimum atomic E-state index is -0.531. The summed E-state index contributed by atoms with van der Waals surface area (Å²) in [6.07, 6.45) is 0. The highest BCUT2D eigenvalue weighted by atomic mass is 35.5. The molecule has 0 aliphatic heterocycles. The minimum Gasteiger partial charge on any atom is -0.341 e. The number of imide groups is 1. The molecule has 0 aliphatic rings. The van der Waals surface area contributed by atoms with E-state index in [1.54, 1.807) is 13.0 Å². The Morgan fingerprint density at radius 1 is 1.22 bits per heavy atom. The number of hydrogen-bond acceptors (Lipinski definition) is 4. The molecule has 27 heavy (non-hydrogen) atoms. The summed E-state index contributed by atoms with van der Waals surface area (Å²) in [5.74, 6) is -0.379. The molecule has 1 aromatic heterocycles. The van der Waals surface area contributed by atoms with Gasteiger partial charge in [-0.2, -0.15) is 0 Å². The molecule has 0 aliphatic carbocycles. The van der Waals surface area contributed by atoms with Crippen molar-refractivity contribution >= 4 is 46.3 Å². The fourth-order valence-electron chi connectivity index (χ4n) is 2.58. The van der Waals surface area contributed by atoms with Crippen LogP contribution in [0.3, 0.4) is 0 Å². The SMILES string of the molecule is CNC(=O)NC(=O)C(C)Sc1nc2cc(Cl)ccc2n1Cc1ccccc1. The first kappa shape index (κ1) is 19.3. The third-order valence-electron chi connectivity index (χ3n) is 3.97. The van der Waals surface area contributed by atoms with E-state index in [9.17, 15) is 9.59 Å². The molecule has 3 amide bonds. The number of amides is 3. The highest BCUT2D eigenvalue weighted by Gasteiger charge is 2.21. The predicted octanol–water partition coefficient (Wildman–Crippen LogP) is 3.67. The van der Waals surface area contributed by atoms with Gasteiger partial charge in [-0.05, 0) is 30.7 Å². The molecule has 1 unspecified atom stereocenters. The molecular weight excluding hydrogens is 384 g/mol. The van der Waals surface area contributed by atoms with Crippen molar-refractivity contribution in [2.24, 2.45) is 0 Å². The normalized spacial score (nSPS) is 12.0. The molecule has 0 spiro atoms. The van der Waals surface area contributed by atoms with Crippen LogP contribution in [-0.2, 0) is 11.3 Å². The van der Waals surface area contributed by atoms with Crippen LogP contribution in [0.4, 0.5) is 4.79 Å². The molecule has 0 bridgehead atoms. The summed E-state index contributed by atoms with van der Waals surface area (Å²) in [4.78, 5) is 28.2. The van der Waals surface area contributed by atoms with Crippen LogP contribution in [0.2, 0.25) is 5.02 Å². The highest BCUT2D eigenvalue weighted by Crippen LogP contribution is 2.29. The van der Waals surface area contributed by atoms with Crippen LogP contribution >= 0.6 is 23.4 Å². The fraction of sp³-hybridized carbons (Fsp3) is 0.211. The molecular formula is C19H19ClN4O2S. The number of nitrogens with one attached hydrogen (secondary N) is 2. The number of hydrogen-bond donors (Lipinski definition) is 2. The van der Waals surface area contributed by atoms with Gasteiger partial charge in [0.25, 0.3) is 0 Å². The van der Waals surface area contributed by atoms with Crippen molar-refractivity contribution in [2.75, 3.05) is 7.05 Å². The summed E-state index contributed by atoms with van der Waals surface area (Å²) in [6.45, 7) is 2.35. The molecule has 0 saturated heterocycles. The number of halogens is 1. The maximum absolute atomic E-state index is 12.2. The Morgan fingerprint density at radius 3 is 2.67 bits per heavy atom. The summed E-state index contributed by atoms with van der Waals surface area (Å²) in [6, 6.07) is 15.0. The van der Waals surface area contributed by atoms with Crippen molar-refractivity contribution < 1.29 is 9.59 Å². The molecule has 0 radical (unpaired) electrons. The van der Waals surface area contributed by atoms with Gasteiger partial charge in [0, 0.05) is 12.1 Å². The van der Waals surface area contributed by atoms with Crippen LogP contribution in [-0.4, -0.2) is 33.8 Å². The molecule has 3 aromatic rings. The zero-order chi connectivity index (χ0) is 19.4. The highest BCUT2D eigenvalue weighted by molar-refractivity contribution is 8.00. The van der Waals surface area contributed by atoms with Gasteiger partial charge in [-0.3, -0.25) is 10.1 Å². The van der Waals surface area contributed by atoms with Gasteiger partial charge in [0.1, 0.15) is 0 Å². The standard InChI is InChI=1S/C19H19ClN4O2S/c1-12(17(25)23-18(26)21-2)27-19-22-15-10-14(20)8-9-16(15)24(19)11-13-6-4-3-5-7-13/h3-10,12H,11H2,1-2H3,(H2,21,23,25,26). The molecule has 0 saturated carbocycles. The Hall–Kier alpha value is -2.51. The number of rotatable bonds is 5. The molecule has 1 atom stereocenters. The molecule has 140 valence electrons. The summed E-state index contributed by atoms with van der Waals surface area (Å²) in [5, 5.41) is 5.46. The number of fused-ring (bicyclic) bond motifs is 1. The number of urea groups is 1. The Morgan fingerprint density at radius 2 is 1.96 bits per heavy atom. The lowest BCUT2D eigenvalue weighted by molar-refractivity contribution is -0.119. The van der Waals surface area contributed by atoms with Gasteiger partial charge in [-0.15, -0.1) is 0 Å². The summed E-state index contributed by atoms with van der Waals surface area (Å²) in [5.41, 5.74) is 2.82. The van der Waals surface area contributed by atoms with Crippen molar-refractivity contribution in [3.8, 4) is 0 Å². The monoisotopic (exact) mass is 402 g/mol. The summed E-state index contributed by atoms with van der Waals surface area (Å²) < 4.78 is 2.05. The zero-order valence-electron chi connectivity index (χ0n) is 14.9. The van der Waals surface area contributed by atoms with Crippen molar-refractivity contribution in [1.29, 1.82) is 0 Å². The van der Waals surface area contributed by atoms with E-state index in [0.717, 1.165) is 16.6 Å². The van der Waals surface area contributed by atoms with E-state index in [1.165, 1.54) is 18.8 Å².